The summed E-state index contributed by atoms with van der Waals surface area (Å²) in [6.07, 6.45) is 13.7. The Kier molecular flexibility index (Phi) is 8.16. The lowest BCUT2D eigenvalue weighted by molar-refractivity contribution is 0.844. The standard InChI is InChI=1S/C24H22S.C2H6/c1-18(13-14-20-9-5-3-6-10-20)23-16-15-22(17-24(23)25)19(2)21-11-7-4-8-12-21;1-2/h3-11,13-17,21,25H,1-2,12H2;1-2H3/b14-13+;. The Labute approximate surface area is 169 Å². The topological polar surface area (TPSA) is 0 Å². The molecule has 0 saturated heterocycles. The number of benzene rings is 2. The van der Waals surface area contributed by atoms with Gasteiger partial charge in [0.05, 0.1) is 0 Å². The summed E-state index contributed by atoms with van der Waals surface area (Å²) >= 11 is 4.68. The van der Waals surface area contributed by atoms with Gasteiger partial charge in [-0.05, 0) is 40.3 Å². The van der Waals surface area contributed by atoms with Crippen LogP contribution in [0.4, 0.5) is 0 Å². The highest BCUT2D eigenvalue weighted by Crippen LogP contribution is 2.32. The van der Waals surface area contributed by atoms with Gasteiger partial charge in [-0.15, -0.1) is 12.6 Å². The molecular formula is C26H28S. The minimum Gasteiger partial charge on any atom is -0.143 e. The predicted molar refractivity (Wildman–Crippen MR) is 125 cm³/mol. The maximum Gasteiger partial charge on any atom is 0.0124 e. The first-order chi connectivity index (χ1) is 13.1. The zero-order chi connectivity index (χ0) is 19.6. The SMILES string of the molecule is C=C(/C=C/c1ccccc1)c1ccc(C(=C)C2C=CC=CC2)cc1S.CC. The van der Waals surface area contributed by atoms with Gasteiger partial charge in [0.2, 0.25) is 0 Å². The Balaban J connectivity index is 0.00000126. The second kappa shape index (κ2) is 10.6. The van der Waals surface area contributed by atoms with Crippen LogP contribution in [0.1, 0.15) is 37.0 Å². The van der Waals surface area contributed by atoms with Crippen LogP contribution in [0.2, 0.25) is 0 Å². The zero-order valence-corrected chi connectivity index (χ0v) is 17.1. The molecule has 3 rings (SSSR count). The molecule has 0 nitrogen and oxygen atoms in total. The molecule has 138 valence electrons. The molecule has 0 bridgehead atoms. The van der Waals surface area contributed by atoms with Crippen molar-refractivity contribution in [2.45, 2.75) is 25.2 Å². The Hall–Kier alpha value is -2.51. The molecule has 0 aliphatic heterocycles. The molecule has 0 N–H and O–H groups in total. The molecule has 1 heteroatoms. The van der Waals surface area contributed by atoms with Crippen molar-refractivity contribution in [3.8, 4) is 0 Å². The van der Waals surface area contributed by atoms with Crippen LogP contribution in [0.3, 0.4) is 0 Å². The number of allylic oxidation sites excluding steroid dienone is 7. The minimum atomic E-state index is 0.366. The molecule has 27 heavy (non-hydrogen) atoms. The van der Waals surface area contributed by atoms with Crippen molar-refractivity contribution in [1.82, 2.24) is 0 Å². The fourth-order valence-electron chi connectivity index (χ4n) is 2.91. The third kappa shape index (κ3) is 5.74. The molecule has 0 amide bonds. The van der Waals surface area contributed by atoms with Crippen molar-refractivity contribution < 1.29 is 0 Å². The van der Waals surface area contributed by atoms with Gasteiger partial charge in [0.15, 0.2) is 0 Å². The maximum atomic E-state index is 4.68. The van der Waals surface area contributed by atoms with Gasteiger partial charge in [0, 0.05) is 10.8 Å². The highest BCUT2D eigenvalue weighted by Gasteiger charge is 2.13. The second-order valence-electron chi connectivity index (χ2n) is 6.18. The van der Waals surface area contributed by atoms with Crippen LogP contribution in [0.15, 0.2) is 97.0 Å². The van der Waals surface area contributed by atoms with Crippen molar-refractivity contribution in [3.63, 3.8) is 0 Å². The predicted octanol–water partition coefficient (Wildman–Crippen LogP) is 7.87. The lowest BCUT2D eigenvalue weighted by Crippen LogP contribution is -2.00. The summed E-state index contributed by atoms with van der Waals surface area (Å²) in [7, 11) is 0. The van der Waals surface area contributed by atoms with E-state index in [1.165, 1.54) is 0 Å². The molecule has 0 heterocycles. The Morgan fingerprint density at radius 3 is 2.41 bits per heavy atom. The van der Waals surface area contributed by atoms with Gasteiger partial charge in [0.1, 0.15) is 0 Å². The summed E-state index contributed by atoms with van der Waals surface area (Å²) in [5.41, 5.74) is 5.43. The minimum absolute atomic E-state index is 0.366. The van der Waals surface area contributed by atoms with E-state index >= 15 is 0 Å². The van der Waals surface area contributed by atoms with Gasteiger partial charge >= 0.3 is 0 Å². The van der Waals surface area contributed by atoms with Crippen molar-refractivity contribution in [2.75, 3.05) is 0 Å². The van der Waals surface area contributed by atoms with Crippen molar-refractivity contribution in [2.24, 2.45) is 5.92 Å². The quantitative estimate of drug-likeness (QED) is 0.400. The van der Waals surface area contributed by atoms with E-state index in [-0.39, 0.29) is 0 Å². The summed E-state index contributed by atoms with van der Waals surface area (Å²) in [6, 6.07) is 16.5. The van der Waals surface area contributed by atoms with Crippen molar-refractivity contribution in [3.05, 3.63) is 109 Å². The molecule has 0 aromatic heterocycles. The number of thiol groups is 1. The average Bonchev–Trinajstić information content (AvgIpc) is 2.74. The summed E-state index contributed by atoms with van der Waals surface area (Å²) in [5.74, 6) is 0.366. The molecule has 0 saturated carbocycles. The van der Waals surface area contributed by atoms with Gasteiger partial charge in [0.25, 0.3) is 0 Å². The highest BCUT2D eigenvalue weighted by molar-refractivity contribution is 7.80. The molecule has 1 unspecified atom stereocenters. The van der Waals surface area contributed by atoms with Gasteiger partial charge in [-0.3, -0.25) is 0 Å². The van der Waals surface area contributed by atoms with E-state index in [2.05, 4.69) is 86.5 Å². The number of hydrogen-bond acceptors (Lipinski definition) is 1. The van der Waals surface area contributed by atoms with Crippen LogP contribution in [0.25, 0.3) is 17.2 Å². The number of hydrogen-bond donors (Lipinski definition) is 1. The lowest BCUT2D eigenvalue weighted by Gasteiger charge is -2.17. The van der Waals surface area contributed by atoms with E-state index in [0.29, 0.717) is 5.92 Å². The van der Waals surface area contributed by atoms with Gasteiger partial charge < -0.3 is 0 Å². The summed E-state index contributed by atoms with van der Waals surface area (Å²) < 4.78 is 0. The normalized spacial score (nSPS) is 15.3. The average molecular weight is 373 g/mol. The van der Waals surface area contributed by atoms with Crippen LogP contribution in [-0.4, -0.2) is 0 Å². The van der Waals surface area contributed by atoms with E-state index in [4.69, 9.17) is 0 Å². The first-order valence-corrected chi connectivity index (χ1v) is 9.88. The van der Waals surface area contributed by atoms with Crippen LogP contribution in [-0.2, 0) is 0 Å². The Morgan fingerprint density at radius 1 is 1.04 bits per heavy atom. The summed E-state index contributed by atoms with van der Waals surface area (Å²) in [6.45, 7) is 12.5. The molecule has 2 aromatic carbocycles. The van der Waals surface area contributed by atoms with Crippen LogP contribution >= 0.6 is 12.6 Å². The molecule has 2 aromatic rings. The molecule has 1 aliphatic carbocycles. The summed E-state index contributed by atoms with van der Waals surface area (Å²) in [4.78, 5) is 0.927. The van der Waals surface area contributed by atoms with E-state index in [1.807, 2.05) is 38.1 Å². The molecule has 1 aliphatic rings. The molecular weight excluding hydrogens is 344 g/mol. The van der Waals surface area contributed by atoms with Gasteiger partial charge in [-0.25, -0.2) is 0 Å². The largest absolute Gasteiger partial charge is 0.143 e. The van der Waals surface area contributed by atoms with E-state index in [1.54, 1.807) is 0 Å². The Morgan fingerprint density at radius 2 is 1.78 bits per heavy atom. The summed E-state index contributed by atoms with van der Waals surface area (Å²) in [5, 5.41) is 0. The number of rotatable bonds is 5. The smallest absolute Gasteiger partial charge is 0.0124 e. The highest BCUT2D eigenvalue weighted by atomic mass is 32.1. The van der Waals surface area contributed by atoms with Crippen LogP contribution < -0.4 is 0 Å². The first-order valence-electron chi connectivity index (χ1n) is 9.43. The first kappa shape index (κ1) is 20.8. The Bertz CT molecular complexity index is 866. The van der Waals surface area contributed by atoms with Crippen LogP contribution in [0.5, 0.6) is 0 Å². The van der Waals surface area contributed by atoms with Gasteiger partial charge in [-0.2, -0.15) is 0 Å². The lowest BCUT2D eigenvalue weighted by atomic mass is 9.88. The fraction of sp³-hybridized carbons (Fsp3) is 0.154. The van der Waals surface area contributed by atoms with Crippen molar-refractivity contribution in [1.29, 1.82) is 0 Å². The molecule has 0 fully saturated rings. The third-order valence-corrected chi connectivity index (χ3v) is 4.79. The fourth-order valence-corrected chi connectivity index (χ4v) is 3.26. The van der Waals surface area contributed by atoms with E-state index in [0.717, 1.165) is 39.2 Å². The molecule has 0 spiro atoms. The van der Waals surface area contributed by atoms with E-state index in [9.17, 15) is 0 Å². The third-order valence-electron chi connectivity index (χ3n) is 4.42. The van der Waals surface area contributed by atoms with Gasteiger partial charge in [-0.1, -0.05) is 106 Å². The van der Waals surface area contributed by atoms with Crippen molar-refractivity contribution >= 4 is 29.9 Å². The molecule has 0 radical (unpaired) electrons. The monoisotopic (exact) mass is 372 g/mol. The molecule has 1 atom stereocenters. The van der Waals surface area contributed by atoms with Crippen LogP contribution in [0, 0.1) is 5.92 Å². The van der Waals surface area contributed by atoms with E-state index < -0.39 is 0 Å². The second-order valence-corrected chi connectivity index (χ2v) is 6.66. The zero-order valence-electron chi connectivity index (χ0n) is 16.2. The maximum absolute atomic E-state index is 4.68.